The number of ether oxygens (including phenoxy) is 1. The van der Waals surface area contributed by atoms with E-state index in [1.54, 1.807) is 13.3 Å². The highest BCUT2D eigenvalue weighted by Gasteiger charge is 2.30. The number of aromatic nitrogens is 3. The maximum Gasteiger partial charge on any atom is 0.353 e. The van der Waals surface area contributed by atoms with Gasteiger partial charge >= 0.3 is 5.69 Å². The van der Waals surface area contributed by atoms with Crippen LogP contribution in [-0.2, 0) is 0 Å². The number of anilines is 4. The first-order valence-electron chi connectivity index (χ1n) is 9.89. The van der Waals surface area contributed by atoms with Crippen LogP contribution >= 0.6 is 0 Å². The third kappa shape index (κ3) is 4.32. The molecule has 0 bridgehead atoms. The molecule has 0 radical (unpaired) electrons. The predicted octanol–water partition coefficient (Wildman–Crippen LogP) is 3.17. The van der Waals surface area contributed by atoms with Gasteiger partial charge in [0.05, 0.1) is 17.7 Å². The van der Waals surface area contributed by atoms with Crippen LogP contribution in [0.25, 0.3) is 0 Å². The largest absolute Gasteiger partial charge is 0.495 e. The minimum atomic E-state index is -0.439. The normalized spacial score (nSPS) is 13.7. The molecular formula is C21H23N7O3. The molecule has 160 valence electrons. The van der Waals surface area contributed by atoms with E-state index in [-0.39, 0.29) is 11.5 Å². The predicted molar refractivity (Wildman–Crippen MR) is 118 cm³/mol. The van der Waals surface area contributed by atoms with Crippen LogP contribution in [0.2, 0.25) is 0 Å². The SMILES string of the molecule is COc1ccc(C)cc1Nc1ncnc(N2CCN(c3ccccn3)CC2)c1[N+](=O)[O-]. The molecule has 1 aromatic carbocycles. The molecule has 3 aromatic rings. The van der Waals surface area contributed by atoms with Crippen LogP contribution in [0.5, 0.6) is 5.75 Å². The number of nitrogens with one attached hydrogen (secondary N) is 1. The Labute approximate surface area is 179 Å². The van der Waals surface area contributed by atoms with Crippen molar-refractivity contribution in [2.24, 2.45) is 0 Å². The number of pyridine rings is 1. The van der Waals surface area contributed by atoms with Gasteiger partial charge in [0, 0.05) is 32.4 Å². The van der Waals surface area contributed by atoms with Gasteiger partial charge in [-0.2, -0.15) is 0 Å². The molecule has 1 aliphatic rings. The lowest BCUT2D eigenvalue weighted by Gasteiger charge is -2.35. The summed E-state index contributed by atoms with van der Waals surface area (Å²) < 4.78 is 5.38. The van der Waals surface area contributed by atoms with Gasteiger partial charge in [0.2, 0.25) is 11.6 Å². The van der Waals surface area contributed by atoms with Crippen molar-refractivity contribution in [3.05, 3.63) is 64.6 Å². The average Bonchev–Trinajstić information content (AvgIpc) is 2.80. The molecule has 3 heterocycles. The van der Waals surface area contributed by atoms with Gasteiger partial charge in [-0.25, -0.2) is 15.0 Å². The smallest absolute Gasteiger partial charge is 0.353 e. The second-order valence-electron chi connectivity index (χ2n) is 7.14. The second kappa shape index (κ2) is 8.82. The summed E-state index contributed by atoms with van der Waals surface area (Å²) >= 11 is 0. The lowest BCUT2D eigenvalue weighted by atomic mass is 10.2. The Morgan fingerprint density at radius 2 is 1.84 bits per heavy atom. The topological polar surface area (TPSA) is 110 Å². The van der Waals surface area contributed by atoms with Crippen LogP contribution in [0.3, 0.4) is 0 Å². The fourth-order valence-electron chi connectivity index (χ4n) is 3.60. The van der Waals surface area contributed by atoms with Gasteiger partial charge in [0.1, 0.15) is 17.9 Å². The summed E-state index contributed by atoms with van der Waals surface area (Å²) in [4.78, 5) is 28.4. The summed E-state index contributed by atoms with van der Waals surface area (Å²) in [5.74, 6) is 1.90. The molecule has 0 spiro atoms. The van der Waals surface area contributed by atoms with E-state index in [9.17, 15) is 10.1 Å². The van der Waals surface area contributed by atoms with Crippen LogP contribution in [-0.4, -0.2) is 53.2 Å². The van der Waals surface area contributed by atoms with Crippen molar-refractivity contribution in [2.75, 3.05) is 48.4 Å². The first-order valence-corrected chi connectivity index (χ1v) is 9.89. The second-order valence-corrected chi connectivity index (χ2v) is 7.14. The van der Waals surface area contributed by atoms with E-state index in [1.165, 1.54) is 6.33 Å². The minimum absolute atomic E-state index is 0.131. The average molecular weight is 421 g/mol. The highest BCUT2D eigenvalue weighted by molar-refractivity contribution is 5.76. The molecule has 1 N–H and O–H groups in total. The number of hydrogen-bond acceptors (Lipinski definition) is 9. The fraction of sp³-hybridized carbons (Fsp3) is 0.286. The van der Waals surface area contributed by atoms with E-state index in [0.29, 0.717) is 43.4 Å². The Hall–Kier alpha value is -3.95. The van der Waals surface area contributed by atoms with Crippen LogP contribution in [0.15, 0.2) is 48.9 Å². The zero-order chi connectivity index (χ0) is 21.8. The van der Waals surface area contributed by atoms with E-state index in [1.807, 2.05) is 48.2 Å². The molecule has 4 rings (SSSR count). The third-order valence-electron chi connectivity index (χ3n) is 5.15. The lowest BCUT2D eigenvalue weighted by Crippen LogP contribution is -2.47. The number of rotatable bonds is 6. The number of methoxy groups -OCH3 is 1. The van der Waals surface area contributed by atoms with Gasteiger partial charge in [-0.05, 0) is 36.8 Å². The molecule has 0 saturated carbocycles. The summed E-state index contributed by atoms with van der Waals surface area (Å²) in [6.07, 6.45) is 3.10. The zero-order valence-electron chi connectivity index (χ0n) is 17.4. The molecule has 2 aromatic heterocycles. The number of benzene rings is 1. The van der Waals surface area contributed by atoms with Gasteiger partial charge in [0.15, 0.2) is 0 Å². The van der Waals surface area contributed by atoms with Crippen molar-refractivity contribution in [2.45, 2.75) is 6.92 Å². The number of hydrogen-bond donors (Lipinski definition) is 1. The first-order chi connectivity index (χ1) is 15.1. The quantitative estimate of drug-likeness (QED) is 0.474. The Balaban J connectivity index is 1.60. The van der Waals surface area contributed by atoms with Crippen molar-refractivity contribution in [3.8, 4) is 5.75 Å². The van der Waals surface area contributed by atoms with Crippen LogP contribution in [0.1, 0.15) is 5.56 Å². The fourth-order valence-corrected chi connectivity index (χ4v) is 3.60. The number of nitrogens with zero attached hydrogens (tertiary/aromatic N) is 6. The standard InChI is InChI=1S/C21H23N7O3/c1-15-6-7-17(31-2)16(13-15)25-20-19(28(29)30)21(24-14-23-20)27-11-9-26(10-12-27)18-5-3-4-8-22-18/h3-8,13-14H,9-12H2,1-2H3,(H,23,24,25). The summed E-state index contributed by atoms with van der Waals surface area (Å²) in [5.41, 5.74) is 1.44. The number of nitro groups is 1. The zero-order valence-corrected chi connectivity index (χ0v) is 17.4. The molecule has 0 unspecified atom stereocenters. The summed E-state index contributed by atoms with van der Waals surface area (Å²) in [6.45, 7) is 4.48. The molecule has 10 nitrogen and oxygen atoms in total. The molecular weight excluding hydrogens is 398 g/mol. The molecule has 0 aliphatic carbocycles. The monoisotopic (exact) mass is 421 g/mol. The lowest BCUT2D eigenvalue weighted by molar-refractivity contribution is -0.383. The molecule has 1 fully saturated rings. The van der Waals surface area contributed by atoms with Crippen molar-refractivity contribution in [3.63, 3.8) is 0 Å². The van der Waals surface area contributed by atoms with Crippen LogP contribution < -0.4 is 19.9 Å². The van der Waals surface area contributed by atoms with Crippen molar-refractivity contribution in [1.82, 2.24) is 15.0 Å². The molecule has 10 heteroatoms. The number of aryl methyl sites for hydroxylation is 1. The summed E-state index contributed by atoms with van der Waals surface area (Å²) in [6, 6.07) is 11.4. The Bertz CT molecular complexity index is 1070. The Kier molecular flexibility index (Phi) is 5.78. The maximum absolute atomic E-state index is 12.0. The van der Waals surface area contributed by atoms with Crippen LogP contribution in [0, 0.1) is 17.0 Å². The van der Waals surface area contributed by atoms with E-state index in [4.69, 9.17) is 4.74 Å². The first kappa shape index (κ1) is 20.3. The van der Waals surface area contributed by atoms with Crippen molar-refractivity contribution >= 4 is 28.8 Å². The molecule has 0 atom stereocenters. The summed E-state index contributed by atoms with van der Waals surface area (Å²) in [7, 11) is 1.55. The van der Waals surface area contributed by atoms with Gasteiger partial charge < -0.3 is 19.9 Å². The number of piperazine rings is 1. The van der Waals surface area contributed by atoms with Crippen molar-refractivity contribution < 1.29 is 9.66 Å². The highest BCUT2D eigenvalue weighted by atomic mass is 16.6. The van der Waals surface area contributed by atoms with Gasteiger partial charge in [-0.15, -0.1) is 0 Å². The van der Waals surface area contributed by atoms with E-state index in [2.05, 4.69) is 25.2 Å². The third-order valence-corrected chi connectivity index (χ3v) is 5.15. The summed E-state index contributed by atoms with van der Waals surface area (Å²) in [5, 5.41) is 15.1. The minimum Gasteiger partial charge on any atom is -0.495 e. The van der Waals surface area contributed by atoms with Gasteiger partial charge in [0.25, 0.3) is 0 Å². The van der Waals surface area contributed by atoms with E-state index in [0.717, 1.165) is 11.4 Å². The molecule has 0 amide bonds. The van der Waals surface area contributed by atoms with Crippen molar-refractivity contribution in [1.29, 1.82) is 0 Å². The Morgan fingerprint density at radius 1 is 1.06 bits per heavy atom. The van der Waals surface area contributed by atoms with Gasteiger partial charge in [-0.3, -0.25) is 10.1 Å². The van der Waals surface area contributed by atoms with E-state index < -0.39 is 4.92 Å². The molecule has 1 saturated heterocycles. The maximum atomic E-state index is 12.0. The molecule has 1 aliphatic heterocycles. The van der Waals surface area contributed by atoms with Gasteiger partial charge in [-0.1, -0.05) is 12.1 Å². The van der Waals surface area contributed by atoms with E-state index >= 15 is 0 Å². The highest BCUT2D eigenvalue weighted by Crippen LogP contribution is 2.36. The molecule has 31 heavy (non-hydrogen) atoms. The van der Waals surface area contributed by atoms with Crippen LogP contribution in [0.4, 0.5) is 28.8 Å². The Morgan fingerprint density at radius 3 is 2.52 bits per heavy atom.